The second-order valence-corrected chi connectivity index (χ2v) is 5.49. The molecule has 0 atom stereocenters. The topological polar surface area (TPSA) is 60.9 Å². The van der Waals surface area contributed by atoms with E-state index in [1.165, 1.54) is 30.7 Å². The molecule has 1 aromatic carbocycles. The van der Waals surface area contributed by atoms with Crippen molar-refractivity contribution in [3.05, 3.63) is 35.4 Å². The number of carboxylic acid groups (broad SMARTS) is 1. The molecule has 0 saturated heterocycles. The van der Waals surface area contributed by atoms with Crippen LogP contribution in [0.25, 0.3) is 0 Å². The van der Waals surface area contributed by atoms with Crippen molar-refractivity contribution in [2.45, 2.75) is 32.9 Å². The number of carbonyl (C=O) groups is 2. The van der Waals surface area contributed by atoms with Crippen LogP contribution in [0.3, 0.4) is 0 Å². The maximum Gasteiger partial charge on any atom is 0.329 e. The quantitative estimate of drug-likeness (QED) is 0.919. The van der Waals surface area contributed by atoms with Crippen LogP contribution in [-0.4, -0.2) is 46.5 Å². The van der Waals surface area contributed by atoms with Gasteiger partial charge in [0.2, 0.25) is 0 Å². The average Bonchev–Trinajstić information content (AvgIpc) is 2.39. The second-order valence-electron chi connectivity index (χ2n) is 5.49. The minimum absolute atomic E-state index is 0.319. The summed E-state index contributed by atoms with van der Waals surface area (Å²) >= 11 is 0. The van der Waals surface area contributed by atoms with Gasteiger partial charge in [-0.1, -0.05) is 24.3 Å². The van der Waals surface area contributed by atoms with E-state index in [-0.39, 0.29) is 6.03 Å². The Morgan fingerprint density at radius 1 is 1.20 bits per heavy atom. The van der Waals surface area contributed by atoms with Crippen molar-refractivity contribution >= 4 is 12.0 Å². The molecule has 0 saturated carbocycles. The zero-order valence-electron chi connectivity index (χ0n) is 12.7. The number of hydrogen-bond acceptors (Lipinski definition) is 2. The molecular weight excluding hydrogens is 256 g/mol. The first-order valence-electron chi connectivity index (χ1n) is 6.44. The molecule has 0 aromatic heterocycles. The van der Waals surface area contributed by atoms with Crippen LogP contribution in [0.15, 0.2) is 24.3 Å². The number of benzene rings is 1. The van der Waals surface area contributed by atoms with Gasteiger partial charge in [-0.3, -0.25) is 0 Å². The van der Waals surface area contributed by atoms with Gasteiger partial charge in [0.25, 0.3) is 0 Å². The minimum atomic E-state index is -1.24. The molecular formula is C15H22N2O3. The lowest BCUT2D eigenvalue weighted by molar-refractivity contribution is -0.147. The lowest BCUT2D eigenvalue weighted by Gasteiger charge is -2.34. The van der Waals surface area contributed by atoms with E-state index in [9.17, 15) is 9.59 Å². The first-order valence-corrected chi connectivity index (χ1v) is 6.44. The van der Waals surface area contributed by atoms with Gasteiger partial charge >= 0.3 is 12.0 Å². The molecule has 1 N–H and O–H groups in total. The third-order valence-corrected chi connectivity index (χ3v) is 3.64. The highest BCUT2D eigenvalue weighted by molar-refractivity contribution is 5.85. The lowest BCUT2D eigenvalue weighted by Crippen LogP contribution is -2.54. The summed E-state index contributed by atoms with van der Waals surface area (Å²) in [5.74, 6) is -1.03. The first kappa shape index (κ1) is 16.0. The summed E-state index contributed by atoms with van der Waals surface area (Å²) in [6, 6.07) is 7.49. The molecule has 0 aliphatic heterocycles. The fourth-order valence-electron chi connectivity index (χ4n) is 1.75. The van der Waals surface area contributed by atoms with E-state index >= 15 is 0 Å². The van der Waals surface area contributed by atoms with Gasteiger partial charge in [0.1, 0.15) is 5.54 Å². The first-order chi connectivity index (χ1) is 9.17. The number of likely N-dealkylation sites (N-methyl/N-ethyl adjacent to an activating group) is 1. The van der Waals surface area contributed by atoms with Gasteiger partial charge in [0.05, 0.1) is 0 Å². The van der Waals surface area contributed by atoms with Gasteiger partial charge in [-0.25, -0.2) is 9.59 Å². The van der Waals surface area contributed by atoms with Crippen molar-refractivity contribution in [3.8, 4) is 0 Å². The number of carboxylic acids is 1. The zero-order chi connectivity index (χ0) is 15.5. The second kappa shape index (κ2) is 5.94. The van der Waals surface area contributed by atoms with Crippen molar-refractivity contribution in [2.24, 2.45) is 0 Å². The van der Waals surface area contributed by atoms with E-state index in [2.05, 4.69) is 0 Å². The molecule has 1 rings (SSSR count). The van der Waals surface area contributed by atoms with Crippen LogP contribution in [0, 0.1) is 6.92 Å². The van der Waals surface area contributed by atoms with Crippen LogP contribution in [0.2, 0.25) is 0 Å². The molecule has 0 aliphatic carbocycles. The van der Waals surface area contributed by atoms with E-state index in [1.807, 2.05) is 31.2 Å². The molecule has 20 heavy (non-hydrogen) atoms. The maximum absolute atomic E-state index is 12.3. The van der Waals surface area contributed by atoms with E-state index in [1.54, 1.807) is 7.05 Å². The summed E-state index contributed by atoms with van der Waals surface area (Å²) in [5.41, 5.74) is 0.911. The number of nitrogens with zero attached hydrogens (tertiary/aromatic N) is 2. The summed E-state index contributed by atoms with van der Waals surface area (Å²) in [6.07, 6.45) is 0. The van der Waals surface area contributed by atoms with Crippen LogP contribution >= 0.6 is 0 Å². The molecule has 0 bridgehead atoms. The highest BCUT2D eigenvalue weighted by atomic mass is 16.4. The number of amides is 2. The Bertz CT molecular complexity index is 512. The Balaban J connectivity index is 2.83. The number of aliphatic carboxylic acids is 1. The molecule has 0 aliphatic rings. The predicted octanol–water partition coefficient (Wildman–Crippen LogP) is 2.34. The van der Waals surface area contributed by atoms with Crippen molar-refractivity contribution in [3.63, 3.8) is 0 Å². The normalized spacial score (nSPS) is 11.1. The maximum atomic E-state index is 12.3. The highest BCUT2D eigenvalue weighted by Crippen LogP contribution is 2.16. The van der Waals surface area contributed by atoms with Gasteiger partial charge in [0, 0.05) is 20.6 Å². The molecule has 1 aromatic rings. The predicted molar refractivity (Wildman–Crippen MR) is 77.5 cm³/mol. The van der Waals surface area contributed by atoms with Gasteiger partial charge in [-0.2, -0.15) is 0 Å². The third kappa shape index (κ3) is 3.29. The fourth-order valence-corrected chi connectivity index (χ4v) is 1.75. The van der Waals surface area contributed by atoms with Crippen LogP contribution in [-0.2, 0) is 11.3 Å². The third-order valence-electron chi connectivity index (χ3n) is 3.64. The zero-order valence-corrected chi connectivity index (χ0v) is 12.7. The largest absolute Gasteiger partial charge is 0.480 e. The number of urea groups is 1. The molecule has 5 heteroatoms. The molecule has 0 radical (unpaired) electrons. The summed E-state index contributed by atoms with van der Waals surface area (Å²) < 4.78 is 0. The van der Waals surface area contributed by atoms with Gasteiger partial charge in [0.15, 0.2) is 0 Å². The van der Waals surface area contributed by atoms with Gasteiger partial charge < -0.3 is 14.9 Å². The monoisotopic (exact) mass is 278 g/mol. The van der Waals surface area contributed by atoms with Crippen LogP contribution < -0.4 is 0 Å². The van der Waals surface area contributed by atoms with E-state index in [0.717, 1.165) is 11.1 Å². The smallest absolute Gasteiger partial charge is 0.329 e. The molecule has 5 nitrogen and oxygen atoms in total. The standard InChI is InChI=1S/C15H22N2O3/c1-11-8-6-7-9-12(11)10-16(4)14(20)17(5)15(2,3)13(18)19/h6-9H,10H2,1-5H3,(H,18,19). The minimum Gasteiger partial charge on any atom is -0.480 e. The Morgan fingerprint density at radius 2 is 1.75 bits per heavy atom. The highest BCUT2D eigenvalue weighted by Gasteiger charge is 2.36. The SMILES string of the molecule is Cc1ccccc1CN(C)C(=O)N(C)C(C)(C)C(=O)O. The molecule has 0 heterocycles. The van der Waals surface area contributed by atoms with Crippen LogP contribution in [0.4, 0.5) is 4.79 Å². The lowest BCUT2D eigenvalue weighted by atomic mass is 10.0. The van der Waals surface area contributed by atoms with E-state index in [4.69, 9.17) is 5.11 Å². The average molecular weight is 278 g/mol. The molecule has 0 fully saturated rings. The Morgan fingerprint density at radius 3 is 2.25 bits per heavy atom. The molecule has 0 unspecified atom stereocenters. The summed E-state index contributed by atoms with van der Waals surface area (Å²) in [7, 11) is 3.17. The van der Waals surface area contributed by atoms with E-state index in [0.29, 0.717) is 6.54 Å². The van der Waals surface area contributed by atoms with Crippen molar-refractivity contribution in [1.29, 1.82) is 0 Å². The summed E-state index contributed by atoms with van der Waals surface area (Å²) in [4.78, 5) is 26.3. The number of aryl methyl sites for hydroxylation is 1. The fraction of sp³-hybridized carbons (Fsp3) is 0.467. The Hall–Kier alpha value is -2.04. The van der Waals surface area contributed by atoms with Gasteiger partial charge in [-0.05, 0) is 31.9 Å². The van der Waals surface area contributed by atoms with Crippen molar-refractivity contribution in [1.82, 2.24) is 9.80 Å². The molecule has 0 spiro atoms. The number of hydrogen-bond donors (Lipinski definition) is 1. The van der Waals surface area contributed by atoms with Crippen LogP contribution in [0.5, 0.6) is 0 Å². The molecule has 110 valence electrons. The summed E-state index contributed by atoms with van der Waals surface area (Å²) in [6.45, 7) is 5.45. The van der Waals surface area contributed by atoms with Crippen molar-refractivity contribution < 1.29 is 14.7 Å². The Kier molecular flexibility index (Phi) is 4.76. The molecule has 2 amide bonds. The Labute approximate surface area is 119 Å². The van der Waals surface area contributed by atoms with Crippen molar-refractivity contribution in [2.75, 3.05) is 14.1 Å². The number of rotatable bonds is 4. The van der Waals surface area contributed by atoms with Gasteiger partial charge in [-0.15, -0.1) is 0 Å². The van der Waals surface area contributed by atoms with E-state index < -0.39 is 11.5 Å². The summed E-state index contributed by atoms with van der Waals surface area (Å²) in [5, 5.41) is 9.16. The van der Waals surface area contributed by atoms with Crippen LogP contribution in [0.1, 0.15) is 25.0 Å². The number of carbonyl (C=O) groups excluding carboxylic acids is 1.